The summed E-state index contributed by atoms with van der Waals surface area (Å²) in [4.78, 5) is 21.7. The zero-order chi connectivity index (χ0) is 17.9. The van der Waals surface area contributed by atoms with Crippen molar-refractivity contribution in [1.29, 1.82) is 0 Å². The number of carbonyl (C=O) groups is 1. The molecular formula is C16H16F3N3O2. The van der Waals surface area contributed by atoms with Crippen LogP contribution in [0.1, 0.15) is 22.8 Å². The first-order chi connectivity index (χ1) is 11.2. The molecule has 2 aromatic rings. The van der Waals surface area contributed by atoms with Crippen molar-refractivity contribution in [1.82, 2.24) is 9.97 Å². The van der Waals surface area contributed by atoms with E-state index in [0.717, 1.165) is 12.1 Å². The van der Waals surface area contributed by atoms with E-state index in [1.165, 1.54) is 18.3 Å². The van der Waals surface area contributed by atoms with E-state index in [4.69, 9.17) is 4.74 Å². The molecule has 0 saturated heterocycles. The van der Waals surface area contributed by atoms with Crippen LogP contribution in [0, 0.1) is 0 Å². The maximum absolute atomic E-state index is 12.8. The van der Waals surface area contributed by atoms with Crippen LogP contribution in [-0.2, 0) is 10.9 Å². The van der Waals surface area contributed by atoms with Crippen molar-refractivity contribution in [3.05, 3.63) is 41.6 Å². The van der Waals surface area contributed by atoms with Gasteiger partial charge < -0.3 is 9.64 Å². The number of hydrogen-bond donors (Lipinski definition) is 0. The van der Waals surface area contributed by atoms with Crippen LogP contribution >= 0.6 is 0 Å². The number of ether oxygens (including phenoxy) is 1. The highest BCUT2D eigenvalue weighted by atomic mass is 19.4. The summed E-state index contributed by atoms with van der Waals surface area (Å²) in [7, 11) is 3.34. The Bertz CT molecular complexity index is 746. The van der Waals surface area contributed by atoms with Gasteiger partial charge in [0.25, 0.3) is 0 Å². The third kappa shape index (κ3) is 3.81. The first kappa shape index (κ1) is 17.7. The number of alkyl halides is 3. The Labute approximate surface area is 137 Å². The molecule has 2 rings (SSSR count). The molecule has 0 N–H and O–H groups in total. The van der Waals surface area contributed by atoms with Gasteiger partial charge in [0.2, 0.25) is 0 Å². The van der Waals surface area contributed by atoms with E-state index in [9.17, 15) is 18.0 Å². The van der Waals surface area contributed by atoms with Gasteiger partial charge in [-0.3, -0.25) is 0 Å². The first-order valence-corrected chi connectivity index (χ1v) is 7.13. The Morgan fingerprint density at radius 3 is 2.58 bits per heavy atom. The maximum Gasteiger partial charge on any atom is 0.416 e. The van der Waals surface area contributed by atoms with Gasteiger partial charge in [-0.1, -0.05) is 12.1 Å². The van der Waals surface area contributed by atoms with Gasteiger partial charge in [-0.05, 0) is 19.1 Å². The van der Waals surface area contributed by atoms with E-state index in [-0.39, 0.29) is 29.4 Å². The predicted molar refractivity (Wildman–Crippen MR) is 82.8 cm³/mol. The van der Waals surface area contributed by atoms with Crippen LogP contribution in [0.2, 0.25) is 0 Å². The highest BCUT2D eigenvalue weighted by Gasteiger charge is 2.30. The largest absolute Gasteiger partial charge is 0.462 e. The summed E-state index contributed by atoms with van der Waals surface area (Å²) in [6.07, 6.45) is -3.19. The molecule has 0 saturated carbocycles. The quantitative estimate of drug-likeness (QED) is 0.799. The Hall–Kier alpha value is -2.64. The average molecular weight is 339 g/mol. The third-order valence-corrected chi connectivity index (χ3v) is 3.14. The van der Waals surface area contributed by atoms with E-state index < -0.39 is 17.7 Å². The van der Waals surface area contributed by atoms with Crippen molar-refractivity contribution in [2.45, 2.75) is 13.1 Å². The molecule has 0 radical (unpaired) electrons. The Morgan fingerprint density at radius 2 is 2.00 bits per heavy atom. The zero-order valence-corrected chi connectivity index (χ0v) is 13.4. The normalized spacial score (nSPS) is 11.2. The monoisotopic (exact) mass is 339 g/mol. The molecule has 0 atom stereocenters. The van der Waals surface area contributed by atoms with E-state index in [0.29, 0.717) is 0 Å². The van der Waals surface area contributed by atoms with Crippen LogP contribution in [0.15, 0.2) is 30.5 Å². The average Bonchev–Trinajstić information content (AvgIpc) is 2.53. The molecule has 5 nitrogen and oxygen atoms in total. The molecule has 1 aromatic heterocycles. The van der Waals surface area contributed by atoms with Gasteiger partial charge in [0.15, 0.2) is 5.82 Å². The first-order valence-electron chi connectivity index (χ1n) is 7.13. The number of nitrogens with zero attached hydrogens (tertiary/aromatic N) is 3. The second kappa shape index (κ2) is 6.86. The second-order valence-electron chi connectivity index (χ2n) is 5.12. The van der Waals surface area contributed by atoms with Gasteiger partial charge in [-0.15, -0.1) is 0 Å². The number of aromatic nitrogens is 2. The van der Waals surface area contributed by atoms with Crippen LogP contribution in [0.4, 0.5) is 19.0 Å². The van der Waals surface area contributed by atoms with Gasteiger partial charge in [-0.2, -0.15) is 13.2 Å². The fourth-order valence-electron chi connectivity index (χ4n) is 2.04. The minimum atomic E-state index is -4.45. The Balaban J connectivity index is 2.49. The predicted octanol–water partition coefficient (Wildman–Crippen LogP) is 3.41. The number of carbonyl (C=O) groups excluding carboxylic acids is 1. The second-order valence-corrected chi connectivity index (χ2v) is 5.12. The van der Waals surface area contributed by atoms with Gasteiger partial charge >= 0.3 is 12.1 Å². The summed E-state index contributed by atoms with van der Waals surface area (Å²) >= 11 is 0. The van der Waals surface area contributed by atoms with Crippen LogP contribution in [0.3, 0.4) is 0 Å². The lowest BCUT2D eigenvalue weighted by Crippen LogP contribution is -2.18. The van der Waals surface area contributed by atoms with Gasteiger partial charge in [0, 0.05) is 25.9 Å². The molecular weight excluding hydrogens is 323 g/mol. The number of esters is 1. The molecule has 0 spiro atoms. The molecule has 0 fully saturated rings. The summed E-state index contributed by atoms with van der Waals surface area (Å²) in [5.74, 6) is -0.217. The lowest BCUT2D eigenvalue weighted by atomic mass is 10.1. The van der Waals surface area contributed by atoms with Gasteiger partial charge in [-0.25, -0.2) is 14.8 Å². The Kier molecular flexibility index (Phi) is 5.06. The van der Waals surface area contributed by atoms with Crippen LogP contribution in [-0.4, -0.2) is 36.6 Å². The summed E-state index contributed by atoms with van der Waals surface area (Å²) in [5.41, 5.74) is -0.426. The summed E-state index contributed by atoms with van der Waals surface area (Å²) in [6, 6.07) is 4.71. The molecule has 24 heavy (non-hydrogen) atoms. The fraction of sp³-hybridized carbons (Fsp3) is 0.312. The summed E-state index contributed by atoms with van der Waals surface area (Å²) < 4.78 is 43.4. The maximum atomic E-state index is 12.8. The van der Waals surface area contributed by atoms with E-state index in [1.54, 1.807) is 25.9 Å². The molecule has 8 heteroatoms. The molecule has 1 heterocycles. The lowest BCUT2D eigenvalue weighted by molar-refractivity contribution is -0.137. The van der Waals surface area contributed by atoms with Crippen LogP contribution in [0.25, 0.3) is 11.4 Å². The Morgan fingerprint density at radius 1 is 1.29 bits per heavy atom. The highest BCUT2D eigenvalue weighted by molar-refractivity contribution is 5.94. The number of halogens is 3. The molecule has 0 aliphatic heterocycles. The highest BCUT2D eigenvalue weighted by Crippen LogP contribution is 2.31. The number of hydrogen-bond acceptors (Lipinski definition) is 5. The van der Waals surface area contributed by atoms with E-state index >= 15 is 0 Å². The number of rotatable bonds is 4. The van der Waals surface area contributed by atoms with Crippen molar-refractivity contribution in [2.24, 2.45) is 0 Å². The summed E-state index contributed by atoms with van der Waals surface area (Å²) in [5, 5.41) is 0. The zero-order valence-electron chi connectivity index (χ0n) is 13.4. The van der Waals surface area contributed by atoms with E-state index in [2.05, 4.69) is 9.97 Å². The molecule has 0 aliphatic rings. The SMILES string of the molecule is CCOC(=O)c1cnc(-c2cccc(C(F)(F)F)c2)nc1N(C)C. The van der Waals surface area contributed by atoms with Crippen molar-refractivity contribution in [2.75, 3.05) is 25.6 Å². The third-order valence-electron chi connectivity index (χ3n) is 3.14. The van der Waals surface area contributed by atoms with Crippen molar-refractivity contribution in [3.63, 3.8) is 0 Å². The molecule has 1 aromatic carbocycles. The number of benzene rings is 1. The molecule has 0 aliphatic carbocycles. The van der Waals surface area contributed by atoms with E-state index in [1.807, 2.05) is 0 Å². The molecule has 0 amide bonds. The van der Waals surface area contributed by atoms with Gasteiger partial charge in [0.05, 0.1) is 12.2 Å². The smallest absolute Gasteiger partial charge is 0.416 e. The number of anilines is 1. The lowest BCUT2D eigenvalue weighted by Gasteiger charge is -2.16. The molecule has 0 bridgehead atoms. The topological polar surface area (TPSA) is 55.3 Å². The molecule has 128 valence electrons. The van der Waals surface area contributed by atoms with Crippen molar-refractivity contribution < 1.29 is 22.7 Å². The van der Waals surface area contributed by atoms with Crippen molar-refractivity contribution >= 4 is 11.8 Å². The standard InChI is InChI=1S/C16H16F3N3O2/c1-4-24-15(23)12-9-20-13(21-14(12)22(2)3)10-6-5-7-11(8-10)16(17,18)19/h5-9H,4H2,1-3H3. The minimum absolute atomic E-state index is 0.0952. The molecule has 0 unspecified atom stereocenters. The van der Waals surface area contributed by atoms with Crippen molar-refractivity contribution in [3.8, 4) is 11.4 Å². The van der Waals surface area contributed by atoms with Crippen LogP contribution in [0.5, 0.6) is 0 Å². The minimum Gasteiger partial charge on any atom is -0.462 e. The van der Waals surface area contributed by atoms with Gasteiger partial charge in [0.1, 0.15) is 11.4 Å². The van der Waals surface area contributed by atoms with Crippen LogP contribution < -0.4 is 4.90 Å². The fourth-order valence-corrected chi connectivity index (χ4v) is 2.04. The summed E-state index contributed by atoms with van der Waals surface area (Å²) in [6.45, 7) is 1.87.